The summed E-state index contributed by atoms with van der Waals surface area (Å²) < 4.78 is 4.54. The number of methoxy groups -OCH3 is 1. The summed E-state index contributed by atoms with van der Waals surface area (Å²) in [7, 11) is 1.24. The van der Waals surface area contributed by atoms with Crippen LogP contribution in [-0.4, -0.2) is 29.0 Å². The number of allylic oxidation sites excluding steroid dienone is 1. The molecule has 6 heteroatoms. The maximum absolute atomic E-state index is 11.8. The molecule has 0 aliphatic heterocycles. The second-order valence-electron chi connectivity index (χ2n) is 4.45. The van der Waals surface area contributed by atoms with E-state index in [2.05, 4.69) is 9.72 Å². The van der Waals surface area contributed by atoms with E-state index in [1.165, 1.54) is 19.2 Å². The molecule has 1 atom stereocenters. The van der Waals surface area contributed by atoms with Gasteiger partial charge < -0.3 is 9.84 Å². The summed E-state index contributed by atoms with van der Waals surface area (Å²) in [5.74, 6) is -0.697. The number of hydrogen-bond acceptors (Lipinski definition) is 5. The number of aliphatic hydroxyl groups excluding tert-OH is 1. The van der Waals surface area contributed by atoms with Gasteiger partial charge in [0.2, 0.25) is 0 Å². The Morgan fingerprint density at radius 2 is 2.25 bits per heavy atom. The van der Waals surface area contributed by atoms with Gasteiger partial charge in [0.1, 0.15) is 17.0 Å². The van der Waals surface area contributed by atoms with E-state index in [1.54, 1.807) is 6.08 Å². The maximum Gasteiger partial charge on any atom is 0.356 e. The van der Waals surface area contributed by atoms with E-state index in [0.717, 1.165) is 12.8 Å². The number of hydrogen-bond donors (Lipinski definition) is 1. The second-order valence-corrected chi connectivity index (χ2v) is 4.80. The predicted molar refractivity (Wildman–Crippen MR) is 72.5 cm³/mol. The van der Waals surface area contributed by atoms with Crippen LogP contribution in [0.2, 0.25) is 5.15 Å². The molecule has 5 nitrogen and oxygen atoms in total. The lowest BCUT2D eigenvalue weighted by molar-refractivity contribution is -0.117. The Hall–Kier alpha value is -1.72. The summed E-state index contributed by atoms with van der Waals surface area (Å²) in [5.41, 5.74) is 0.698. The number of aliphatic hydroxyl groups is 1. The molecule has 2 rings (SSSR count). The van der Waals surface area contributed by atoms with Crippen molar-refractivity contribution in [3.05, 3.63) is 40.2 Å². The van der Waals surface area contributed by atoms with Gasteiger partial charge in [-0.2, -0.15) is 0 Å². The summed E-state index contributed by atoms with van der Waals surface area (Å²) in [6, 6.07) is 2.89. The predicted octanol–water partition coefficient (Wildman–Crippen LogP) is 2.23. The molecule has 0 aromatic carbocycles. The summed E-state index contributed by atoms with van der Waals surface area (Å²) in [4.78, 5) is 27.0. The van der Waals surface area contributed by atoms with Crippen molar-refractivity contribution in [2.24, 2.45) is 0 Å². The van der Waals surface area contributed by atoms with E-state index in [4.69, 9.17) is 11.6 Å². The minimum Gasteiger partial charge on any atom is -0.464 e. The SMILES string of the molecule is COC(=O)c1ccc(C(O)C2=CCCCC2=O)c(Cl)n1. The molecule has 1 heterocycles. The van der Waals surface area contributed by atoms with E-state index in [9.17, 15) is 14.7 Å². The lowest BCUT2D eigenvalue weighted by atomic mass is 9.91. The zero-order valence-corrected chi connectivity index (χ0v) is 11.7. The van der Waals surface area contributed by atoms with Crippen molar-refractivity contribution in [3.8, 4) is 0 Å². The molecule has 0 saturated carbocycles. The Morgan fingerprint density at radius 1 is 1.50 bits per heavy atom. The van der Waals surface area contributed by atoms with Crippen molar-refractivity contribution in [1.82, 2.24) is 4.98 Å². The van der Waals surface area contributed by atoms with Gasteiger partial charge in [-0.15, -0.1) is 0 Å². The highest BCUT2D eigenvalue weighted by Gasteiger charge is 2.25. The third-order valence-electron chi connectivity index (χ3n) is 3.16. The molecule has 1 aliphatic carbocycles. The standard InChI is InChI=1S/C14H14ClNO4/c1-20-14(19)10-7-6-9(13(15)16-10)12(18)8-4-2-3-5-11(8)17/h4,6-7,12,18H,2-3,5H2,1H3. The smallest absolute Gasteiger partial charge is 0.356 e. The number of nitrogens with zero attached hydrogens (tertiary/aromatic N) is 1. The van der Waals surface area contributed by atoms with E-state index >= 15 is 0 Å². The lowest BCUT2D eigenvalue weighted by Gasteiger charge is -2.18. The van der Waals surface area contributed by atoms with Crippen LogP contribution in [0, 0.1) is 0 Å². The van der Waals surface area contributed by atoms with Crippen molar-refractivity contribution in [2.75, 3.05) is 7.11 Å². The molecule has 1 aromatic rings. The lowest BCUT2D eigenvalue weighted by Crippen LogP contribution is -2.15. The first-order chi connectivity index (χ1) is 9.54. The summed E-state index contributed by atoms with van der Waals surface area (Å²) in [6.07, 6.45) is 2.58. The number of carbonyl (C=O) groups excluding carboxylic acids is 2. The third kappa shape index (κ3) is 2.89. The first-order valence-corrected chi connectivity index (χ1v) is 6.58. The number of Topliss-reactive ketones (excluding diaryl/α,β-unsaturated/α-hetero) is 1. The van der Waals surface area contributed by atoms with Crippen molar-refractivity contribution in [3.63, 3.8) is 0 Å². The van der Waals surface area contributed by atoms with Crippen molar-refractivity contribution >= 4 is 23.4 Å². The third-order valence-corrected chi connectivity index (χ3v) is 3.46. The monoisotopic (exact) mass is 295 g/mol. The highest BCUT2D eigenvalue weighted by molar-refractivity contribution is 6.30. The highest BCUT2D eigenvalue weighted by atomic mass is 35.5. The Morgan fingerprint density at radius 3 is 2.85 bits per heavy atom. The van der Waals surface area contributed by atoms with E-state index < -0.39 is 12.1 Å². The van der Waals surface area contributed by atoms with Gasteiger partial charge in [-0.3, -0.25) is 4.79 Å². The van der Waals surface area contributed by atoms with Gasteiger partial charge in [0.25, 0.3) is 0 Å². The number of rotatable bonds is 3. The molecule has 1 aliphatic rings. The molecule has 106 valence electrons. The Balaban J connectivity index is 2.31. The molecule has 0 saturated heterocycles. The van der Waals surface area contributed by atoms with Crippen LogP contribution < -0.4 is 0 Å². The van der Waals surface area contributed by atoms with E-state index in [-0.39, 0.29) is 16.6 Å². The number of aromatic nitrogens is 1. The molecular formula is C14H14ClNO4. The van der Waals surface area contributed by atoms with E-state index in [0.29, 0.717) is 17.6 Å². The van der Waals surface area contributed by atoms with Crippen LogP contribution in [0.15, 0.2) is 23.8 Å². The van der Waals surface area contributed by atoms with E-state index in [1.807, 2.05) is 0 Å². The van der Waals surface area contributed by atoms with Gasteiger partial charge in [-0.1, -0.05) is 23.7 Å². The molecule has 0 amide bonds. The van der Waals surface area contributed by atoms with Gasteiger partial charge in [-0.05, 0) is 18.9 Å². The molecule has 1 unspecified atom stereocenters. The Labute approximate surface area is 121 Å². The molecule has 0 spiro atoms. The first kappa shape index (κ1) is 14.7. The fourth-order valence-electron chi connectivity index (χ4n) is 2.08. The van der Waals surface area contributed by atoms with Crippen LogP contribution in [-0.2, 0) is 9.53 Å². The number of pyridine rings is 1. The van der Waals surface area contributed by atoms with Crippen molar-refractivity contribution in [1.29, 1.82) is 0 Å². The molecule has 20 heavy (non-hydrogen) atoms. The van der Waals surface area contributed by atoms with Crippen molar-refractivity contribution < 1.29 is 19.4 Å². The van der Waals surface area contributed by atoms with Crippen molar-refractivity contribution in [2.45, 2.75) is 25.4 Å². The number of carbonyl (C=O) groups is 2. The zero-order chi connectivity index (χ0) is 14.7. The highest BCUT2D eigenvalue weighted by Crippen LogP contribution is 2.31. The number of ketones is 1. The average Bonchev–Trinajstić information content (AvgIpc) is 2.46. The Bertz CT molecular complexity index is 583. The first-order valence-electron chi connectivity index (χ1n) is 6.20. The molecule has 1 N–H and O–H groups in total. The Kier molecular flexibility index (Phi) is 4.52. The molecule has 0 radical (unpaired) electrons. The molecule has 0 fully saturated rings. The second kappa shape index (κ2) is 6.15. The maximum atomic E-state index is 11.8. The summed E-state index contributed by atoms with van der Waals surface area (Å²) >= 11 is 5.97. The summed E-state index contributed by atoms with van der Waals surface area (Å²) in [6.45, 7) is 0. The molecule has 0 bridgehead atoms. The molecular weight excluding hydrogens is 282 g/mol. The van der Waals surface area contributed by atoms with Gasteiger partial charge in [0, 0.05) is 17.6 Å². The summed E-state index contributed by atoms with van der Waals surface area (Å²) in [5, 5.41) is 10.2. The van der Waals surface area contributed by atoms with Crippen LogP contribution in [0.1, 0.15) is 41.4 Å². The number of esters is 1. The quantitative estimate of drug-likeness (QED) is 0.683. The van der Waals surface area contributed by atoms with Crippen LogP contribution in [0.3, 0.4) is 0 Å². The zero-order valence-electron chi connectivity index (χ0n) is 10.9. The van der Waals surface area contributed by atoms with Gasteiger partial charge in [0.15, 0.2) is 5.78 Å². The number of ether oxygens (including phenoxy) is 1. The fraction of sp³-hybridized carbons (Fsp3) is 0.357. The largest absolute Gasteiger partial charge is 0.464 e. The van der Waals surface area contributed by atoms with Gasteiger partial charge >= 0.3 is 5.97 Å². The van der Waals surface area contributed by atoms with Crippen LogP contribution >= 0.6 is 11.6 Å². The van der Waals surface area contributed by atoms with Gasteiger partial charge in [-0.25, -0.2) is 9.78 Å². The van der Waals surface area contributed by atoms with Gasteiger partial charge in [0.05, 0.1) is 7.11 Å². The minimum absolute atomic E-state index is 0.0142. The fourth-order valence-corrected chi connectivity index (χ4v) is 2.33. The number of halogens is 1. The van der Waals surface area contributed by atoms with Crippen LogP contribution in [0.4, 0.5) is 0 Å². The van der Waals surface area contributed by atoms with Crippen LogP contribution in [0.5, 0.6) is 0 Å². The minimum atomic E-state index is -1.12. The topological polar surface area (TPSA) is 76.5 Å². The van der Waals surface area contributed by atoms with Crippen LogP contribution in [0.25, 0.3) is 0 Å². The average molecular weight is 296 g/mol. The molecule has 1 aromatic heterocycles. The normalized spacial score (nSPS) is 16.6.